The van der Waals surface area contributed by atoms with E-state index in [4.69, 9.17) is 5.73 Å². The topological polar surface area (TPSA) is 72.2 Å². The second kappa shape index (κ2) is 5.86. The summed E-state index contributed by atoms with van der Waals surface area (Å²) >= 11 is 2.81. The number of hydrogen-bond donors (Lipinski definition) is 2. The van der Waals surface area contributed by atoms with Crippen molar-refractivity contribution in [2.75, 3.05) is 18.6 Å². The van der Waals surface area contributed by atoms with E-state index in [1.807, 2.05) is 6.26 Å². The Balaban J connectivity index is 2.68. The fraction of sp³-hybridized carbons (Fsp3) is 0.500. The van der Waals surface area contributed by atoms with Gasteiger partial charge in [-0.25, -0.2) is 13.1 Å². The van der Waals surface area contributed by atoms with Crippen LogP contribution in [0.3, 0.4) is 0 Å². The van der Waals surface area contributed by atoms with Crippen LogP contribution in [-0.2, 0) is 16.6 Å². The number of rotatable bonds is 6. The summed E-state index contributed by atoms with van der Waals surface area (Å²) in [5.41, 5.74) is 6.27. The maximum atomic E-state index is 11.7. The van der Waals surface area contributed by atoms with Crippen LogP contribution in [0.4, 0.5) is 0 Å². The Bertz CT molecular complexity index is 400. The molecule has 15 heavy (non-hydrogen) atoms. The number of thioether (sulfide) groups is 1. The van der Waals surface area contributed by atoms with E-state index in [0.29, 0.717) is 17.3 Å². The Hall–Kier alpha value is -0.0800. The molecule has 1 aromatic rings. The average molecular weight is 266 g/mol. The molecule has 1 rings (SSSR count). The van der Waals surface area contributed by atoms with Crippen LogP contribution in [0.15, 0.2) is 15.7 Å². The lowest BCUT2D eigenvalue weighted by Gasteiger charge is -2.02. The first kappa shape index (κ1) is 13.0. The number of sulfonamides is 1. The van der Waals surface area contributed by atoms with E-state index in [1.54, 1.807) is 23.2 Å². The zero-order valence-corrected chi connectivity index (χ0v) is 10.8. The molecule has 0 unspecified atom stereocenters. The van der Waals surface area contributed by atoms with Crippen molar-refractivity contribution in [3.05, 3.63) is 17.0 Å². The molecule has 0 aliphatic carbocycles. The highest BCUT2D eigenvalue weighted by Crippen LogP contribution is 2.19. The van der Waals surface area contributed by atoms with E-state index in [0.717, 1.165) is 11.3 Å². The zero-order valence-electron chi connectivity index (χ0n) is 8.39. The van der Waals surface area contributed by atoms with Crippen LogP contribution in [0, 0.1) is 0 Å². The highest BCUT2D eigenvalue weighted by molar-refractivity contribution is 7.98. The van der Waals surface area contributed by atoms with Crippen LogP contribution in [-0.4, -0.2) is 27.0 Å². The molecular weight excluding hydrogens is 252 g/mol. The van der Waals surface area contributed by atoms with Crippen molar-refractivity contribution < 1.29 is 8.42 Å². The van der Waals surface area contributed by atoms with Gasteiger partial charge in [-0.1, -0.05) is 0 Å². The van der Waals surface area contributed by atoms with E-state index in [-0.39, 0.29) is 0 Å². The Kier molecular flexibility index (Phi) is 5.07. The van der Waals surface area contributed by atoms with Gasteiger partial charge in [-0.2, -0.15) is 11.8 Å². The minimum Gasteiger partial charge on any atom is -0.326 e. The first-order valence-corrected chi connectivity index (χ1v) is 8.12. The average Bonchev–Trinajstić information content (AvgIpc) is 2.66. The summed E-state index contributed by atoms with van der Waals surface area (Å²) in [6.45, 7) is 0.830. The van der Waals surface area contributed by atoms with Gasteiger partial charge >= 0.3 is 0 Å². The monoisotopic (exact) mass is 266 g/mol. The summed E-state index contributed by atoms with van der Waals surface area (Å²) < 4.78 is 26.2. The van der Waals surface area contributed by atoms with Crippen molar-refractivity contribution in [3.8, 4) is 0 Å². The lowest BCUT2D eigenvalue weighted by atomic mass is 10.4. The van der Waals surface area contributed by atoms with Crippen LogP contribution < -0.4 is 10.5 Å². The summed E-state index contributed by atoms with van der Waals surface area (Å²) in [5.74, 6) is 0.772. The molecule has 0 aromatic carbocycles. The predicted octanol–water partition coefficient (Wildman–Crippen LogP) is 0.848. The van der Waals surface area contributed by atoms with E-state index in [2.05, 4.69) is 4.72 Å². The summed E-state index contributed by atoms with van der Waals surface area (Å²) in [6.07, 6.45) is 1.94. The molecule has 86 valence electrons. The zero-order chi connectivity index (χ0) is 11.3. The number of nitrogens with two attached hydrogens (primary N) is 1. The second-order valence-electron chi connectivity index (χ2n) is 2.87. The standard InChI is InChI=1S/C8H14N2O2S3/c1-13-3-2-10-15(11,12)8-4-7(5-9)6-14-8/h4,6,10H,2-3,5,9H2,1H3. The summed E-state index contributed by atoms with van der Waals surface area (Å²) in [5, 5.41) is 1.77. The Morgan fingerprint density at radius 2 is 2.33 bits per heavy atom. The highest BCUT2D eigenvalue weighted by atomic mass is 32.2. The minimum absolute atomic E-state index is 0.337. The molecule has 0 amide bonds. The van der Waals surface area contributed by atoms with Gasteiger partial charge in [-0.15, -0.1) is 11.3 Å². The number of nitrogens with one attached hydrogen (secondary N) is 1. The van der Waals surface area contributed by atoms with E-state index in [9.17, 15) is 8.42 Å². The van der Waals surface area contributed by atoms with Gasteiger partial charge in [0.1, 0.15) is 4.21 Å². The van der Waals surface area contributed by atoms with Crippen molar-refractivity contribution in [1.29, 1.82) is 0 Å². The van der Waals surface area contributed by atoms with E-state index < -0.39 is 10.0 Å². The highest BCUT2D eigenvalue weighted by Gasteiger charge is 2.15. The van der Waals surface area contributed by atoms with Crippen molar-refractivity contribution in [3.63, 3.8) is 0 Å². The normalized spacial score (nSPS) is 11.9. The van der Waals surface area contributed by atoms with Gasteiger partial charge in [-0.3, -0.25) is 0 Å². The molecular formula is C8H14N2O2S3. The first-order chi connectivity index (χ1) is 7.10. The number of hydrogen-bond acceptors (Lipinski definition) is 5. The van der Waals surface area contributed by atoms with Crippen LogP contribution >= 0.6 is 23.1 Å². The van der Waals surface area contributed by atoms with Gasteiger partial charge in [0.2, 0.25) is 10.0 Å². The second-order valence-corrected chi connectivity index (χ2v) is 6.76. The molecule has 4 nitrogen and oxygen atoms in total. The van der Waals surface area contributed by atoms with Crippen LogP contribution in [0.1, 0.15) is 5.56 Å². The Morgan fingerprint density at radius 3 is 2.87 bits per heavy atom. The fourth-order valence-corrected chi connectivity index (χ4v) is 3.68. The van der Waals surface area contributed by atoms with Gasteiger partial charge in [0, 0.05) is 18.8 Å². The third-order valence-corrected chi connectivity index (χ3v) is 5.29. The molecule has 0 saturated carbocycles. The van der Waals surface area contributed by atoms with Gasteiger partial charge < -0.3 is 5.73 Å². The maximum absolute atomic E-state index is 11.7. The molecule has 0 bridgehead atoms. The molecule has 0 fully saturated rings. The summed E-state index contributed by atoms with van der Waals surface area (Å²) in [6, 6.07) is 1.62. The largest absolute Gasteiger partial charge is 0.326 e. The van der Waals surface area contributed by atoms with Crippen molar-refractivity contribution in [2.45, 2.75) is 10.8 Å². The van der Waals surface area contributed by atoms with Gasteiger partial charge in [0.25, 0.3) is 0 Å². The van der Waals surface area contributed by atoms with Crippen LogP contribution in [0.25, 0.3) is 0 Å². The SMILES string of the molecule is CSCCNS(=O)(=O)c1cc(CN)cs1. The molecule has 0 aliphatic heterocycles. The molecule has 7 heteroatoms. The molecule has 1 aromatic heterocycles. The molecule has 3 N–H and O–H groups in total. The lowest BCUT2D eigenvalue weighted by Crippen LogP contribution is -2.25. The fourth-order valence-electron chi connectivity index (χ4n) is 0.950. The molecule has 0 saturated heterocycles. The molecule has 0 aliphatic rings. The molecule has 1 heterocycles. The van der Waals surface area contributed by atoms with Gasteiger partial charge in [0.15, 0.2) is 0 Å². The lowest BCUT2D eigenvalue weighted by molar-refractivity contribution is 0.586. The molecule has 0 atom stereocenters. The van der Waals surface area contributed by atoms with Crippen molar-refractivity contribution >= 4 is 33.1 Å². The third-order valence-electron chi connectivity index (χ3n) is 1.73. The molecule has 0 radical (unpaired) electrons. The van der Waals surface area contributed by atoms with E-state index in [1.165, 1.54) is 11.3 Å². The van der Waals surface area contributed by atoms with E-state index >= 15 is 0 Å². The van der Waals surface area contributed by atoms with Crippen LogP contribution in [0.2, 0.25) is 0 Å². The van der Waals surface area contributed by atoms with Crippen molar-refractivity contribution in [2.24, 2.45) is 5.73 Å². The molecule has 0 spiro atoms. The number of thiophene rings is 1. The summed E-state index contributed by atoms with van der Waals surface area (Å²) in [7, 11) is -3.32. The minimum atomic E-state index is -3.32. The smallest absolute Gasteiger partial charge is 0.250 e. The Labute approximate surface area is 98.3 Å². The Morgan fingerprint density at radius 1 is 1.60 bits per heavy atom. The first-order valence-electron chi connectivity index (χ1n) is 4.36. The third kappa shape index (κ3) is 3.76. The predicted molar refractivity (Wildman–Crippen MR) is 65.8 cm³/mol. The van der Waals surface area contributed by atoms with Gasteiger partial charge in [0.05, 0.1) is 0 Å². The summed E-state index contributed by atoms with van der Waals surface area (Å²) in [4.78, 5) is 0. The maximum Gasteiger partial charge on any atom is 0.250 e. The quantitative estimate of drug-likeness (QED) is 0.749. The van der Waals surface area contributed by atoms with Gasteiger partial charge in [-0.05, 0) is 23.3 Å². The van der Waals surface area contributed by atoms with Crippen LogP contribution in [0.5, 0.6) is 0 Å². The van der Waals surface area contributed by atoms with Crippen molar-refractivity contribution in [1.82, 2.24) is 4.72 Å².